The molecule has 0 unspecified atom stereocenters. The van der Waals surface area contributed by atoms with Gasteiger partial charge in [0, 0.05) is 12.0 Å². The molecule has 0 aliphatic heterocycles. The molecule has 2 atom stereocenters. The van der Waals surface area contributed by atoms with Crippen molar-refractivity contribution >= 4 is 6.01 Å². The maximum absolute atomic E-state index is 10.2. The largest absolute Gasteiger partial charge is 0.388 e. The lowest BCUT2D eigenvalue weighted by Gasteiger charge is -2.16. The Morgan fingerprint density at radius 3 is 2.50 bits per heavy atom. The van der Waals surface area contributed by atoms with E-state index in [0.717, 1.165) is 5.56 Å². The molecule has 0 saturated heterocycles. The topological polar surface area (TPSA) is 71.2 Å². The molecule has 108 valence electrons. The van der Waals surface area contributed by atoms with Gasteiger partial charge in [-0.3, -0.25) is 0 Å². The lowest BCUT2D eigenvalue weighted by Crippen LogP contribution is -2.19. The van der Waals surface area contributed by atoms with E-state index in [-0.39, 0.29) is 12.0 Å². The van der Waals surface area contributed by atoms with Gasteiger partial charge in [0.15, 0.2) is 5.82 Å². The second-order valence-electron chi connectivity index (χ2n) is 5.32. The summed E-state index contributed by atoms with van der Waals surface area (Å²) < 4.78 is 5.13. The third-order valence-corrected chi connectivity index (χ3v) is 3.09. The van der Waals surface area contributed by atoms with E-state index in [9.17, 15) is 5.11 Å². The minimum atomic E-state index is -0.508. The van der Waals surface area contributed by atoms with Gasteiger partial charge < -0.3 is 14.9 Å². The molecule has 5 nitrogen and oxygen atoms in total. The zero-order valence-corrected chi connectivity index (χ0v) is 12.1. The Bertz CT molecular complexity index is 525. The highest BCUT2D eigenvalue weighted by atomic mass is 16.5. The first-order chi connectivity index (χ1) is 9.56. The first kappa shape index (κ1) is 14.5. The fourth-order valence-corrected chi connectivity index (χ4v) is 1.94. The summed E-state index contributed by atoms with van der Waals surface area (Å²) in [6.45, 7) is 6.00. The van der Waals surface area contributed by atoms with Gasteiger partial charge in [-0.2, -0.15) is 4.98 Å². The molecule has 0 fully saturated rings. The summed E-state index contributed by atoms with van der Waals surface area (Å²) in [5, 5.41) is 17.2. The maximum Gasteiger partial charge on any atom is 0.321 e. The second kappa shape index (κ2) is 6.52. The van der Waals surface area contributed by atoms with Crippen LogP contribution in [0.1, 0.15) is 50.6 Å². The third kappa shape index (κ3) is 3.81. The minimum Gasteiger partial charge on any atom is -0.388 e. The summed E-state index contributed by atoms with van der Waals surface area (Å²) in [5.41, 5.74) is 0.912. The Labute approximate surface area is 119 Å². The summed E-state index contributed by atoms with van der Waals surface area (Å²) in [7, 11) is 0. The number of aliphatic hydroxyl groups excluding tert-OH is 1. The molecule has 2 aromatic rings. The molecule has 1 heterocycles. The molecule has 5 heteroatoms. The van der Waals surface area contributed by atoms with E-state index in [1.807, 2.05) is 51.1 Å². The molecule has 0 saturated carbocycles. The highest BCUT2D eigenvalue weighted by Crippen LogP contribution is 2.20. The van der Waals surface area contributed by atoms with E-state index < -0.39 is 6.10 Å². The Morgan fingerprint density at radius 1 is 1.20 bits per heavy atom. The first-order valence-electron chi connectivity index (χ1n) is 6.89. The van der Waals surface area contributed by atoms with Crippen molar-refractivity contribution in [3.63, 3.8) is 0 Å². The Morgan fingerprint density at radius 2 is 1.90 bits per heavy atom. The molecule has 0 spiro atoms. The first-order valence-corrected chi connectivity index (χ1v) is 6.89. The van der Waals surface area contributed by atoms with Crippen molar-refractivity contribution < 1.29 is 9.63 Å². The van der Waals surface area contributed by atoms with Crippen LogP contribution in [0.5, 0.6) is 0 Å². The summed E-state index contributed by atoms with van der Waals surface area (Å²) in [6, 6.07) is 10.0. The van der Waals surface area contributed by atoms with Crippen LogP contribution in [0, 0.1) is 0 Å². The van der Waals surface area contributed by atoms with Gasteiger partial charge in [-0.15, -0.1) is 0 Å². The highest BCUT2D eigenvalue weighted by Gasteiger charge is 2.15. The number of aromatic nitrogens is 2. The standard InChI is InChI=1S/C15H21N3O2/c1-10(2)14-17-15(20-18-14)16-11(3)9-13(19)12-7-5-4-6-8-12/h4-8,10-11,13,19H,9H2,1-3H3,(H,16,17,18)/t11-,13-/m1/s1. The number of anilines is 1. The smallest absolute Gasteiger partial charge is 0.321 e. The molecule has 0 bridgehead atoms. The summed E-state index contributed by atoms with van der Waals surface area (Å²) in [4.78, 5) is 4.26. The second-order valence-corrected chi connectivity index (χ2v) is 5.32. The van der Waals surface area contributed by atoms with Crippen LogP contribution >= 0.6 is 0 Å². The molecular formula is C15H21N3O2. The normalized spacial score (nSPS) is 14.2. The van der Waals surface area contributed by atoms with E-state index in [0.29, 0.717) is 18.3 Å². The maximum atomic E-state index is 10.2. The van der Waals surface area contributed by atoms with Crippen LogP contribution in [0.15, 0.2) is 34.9 Å². The summed E-state index contributed by atoms with van der Waals surface area (Å²) in [6.07, 6.45) is 0.0647. The zero-order valence-electron chi connectivity index (χ0n) is 12.1. The van der Waals surface area contributed by atoms with Crippen molar-refractivity contribution in [1.29, 1.82) is 0 Å². The highest BCUT2D eigenvalue weighted by molar-refractivity contribution is 5.22. The summed E-state index contributed by atoms with van der Waals surface area (Å²) >= 11 is 0. The Kier molecular flexibility index (Phi) is 4.74. The van der Waals surface area contributed by atoms with Gasteiger partial charge in [-0.25, -0.2) is 0 Å². The number of nitrogens with zero attached hydrogens (tertiary/aromatic N) is 2. The number of hydrogen-bond donors (Lipinski definition) is 2. The van der Waals surface area contributed by atoms with Crippen molar-refractivity contribution in [3.8, 4) is 0 Å². The molecule has 0 amide bonds. The molecule has 0 radical (unpaired) electrons. The summed E-state index contributed by atoms with van der Waals surface area (Å²) in [5.74, 6) is 0.919. The number of rotatable bonds is 6. The van der Waals surface area contributed by atoms with Crippen LogP contribution < -0.4 is 5.32 Å². The molecular weight excluding hydrogens is 254 g/mol. The lowest BCUT2D eigenvalue weighted by molar-refractivity contribution is 0.162. The Balaban J connectivity index is 1.90. The van der Waals surface area contributed by atoms with Gasteiger partial charge in [0.05, 0.1) is 6.10 Å². The number of nitrogens with one attached hydrogen (secondary N) is 1. The van der Waals surface area contributed by atoms with Crippen LogP contribution in [0.3, 0.4) is 0 Å². The van der Waals surface area contributed by atoms with E-state index in [1.165, 1.54) is 0 Å². The molecule has 2 N–H and O–H groups in total. The van der Waals surface area contributed by atoms with E-state index in [4.69, 9.17) is 4.52 Å². The van der Waals surface area contributed by atoms with Crippen LogP contribution in [0.25, 0.3) is 0 Å². The van der Waals surface area contributed by atoms with Crippen molar-refractivity contribution in [3.05, 3.63) is 41.7 Å². The average Bonchev–Trinajstić information content (AvgIpc) is 2.88. The quantitative estimate of drug-likeness (QED) is 0.847. The predicted molar refractivity (Wildman–Crippen MR) is 77.5 cm³/mol. The molecule has 20 heavy (non-hydrogen) atoms. The van der Waals surface area contributed by atoms with E-state index in [2.05, 4.69) is 15.5 Å². The van der Waals surface area contributed by atoms with Gasteiger partial charge in [-0.05, 0) is 18.9 Å². The molecule has 2 rings (SSSR count). The average molecular weight is 275 g/mol. The van der Waals surface area contributed by atoms with Crippen molar-refractivity contribution in [2.75, 3.05) is 5.32 Å². The molecule has 1 aromatic heterocycles. The number of hydrogen-bond acceptors (Lipinski definition) is 5. The van der Waals surface area contributed by atoms with E-state index >= 15 is 0 Å². The monoisotopic (exact) mass is 275 g/mol. The minimum absolute atomic E-state index is 0.0330. The number of benzene rings is 1. The van der Waals surface area contributed by atoms with Gasteiger partial charge in [0.1, 0.15) is 0 Å². The van der Waals surface area contributed by atoms with Crippen molar-refractivity contribution in [2.45, 2.75) is 45.3 Å². The van der Waals surface area contributed by atoms with Crippen LogP contribution in [-0.2, 0) is 0 Å². The predicted octanol–water partition coefficient (Wildman–Crippen LogP) is 3.12. The SMILES string of the molecule is CC(C)c1noc(N[C@H](C)C[C@@H](O)c2ccccc2)n1. The molecule has 0 aliphatic carbocycles. The van der Waals surface area contributed by atoms with Crippen LogP contribution in [-0.4, -0.2) is 21.3 Å². The van der Waals surface area contributed by atoms with Crippen LogP contribution in [0.4, 0.5) is 6.01 Å². The van der Waals surface area contributed by atoms with Gasteiger partial charge in [0.25, 0.3) is 0 Å². The fourth-order valence-electron chi connectivity index (χ4n) is 1.94. The third-order valence-electron chi connectivity index (χ3n) is 3.09. The lowest BCUT2D eigenvalue weighted by atomic mass is 10.0. The Hall–Kier alpha value is -1.88. The van der Waals surface area contributed by atoms with E-state index in [1.54, 1.807) is 0 Å². The molecule has 0 aliphatic rings. The number of aliphatic hydroxyl groups is 1. The van der Waals surface area contributed by atoms with Gasteiger partial charge in [-0.1, -0.05) is 49.3 Å². The van der Waals surface area contributed by atoms with Crippen molar-refractivity contribution in [2.24, 2.45) is 0 Å². The van der Waals surface area contributed by atoms with Gasteiger partial charge in [0.2, 0.25) is 0 Å². The molecule has 1 aromatic carbocycles. The fraction of sp³-hybridized carbons (Fsp3) is 0.467. The van der Waals surface area contributed by atoms with Crippen molar-refractivity contribution in [1.82, 2.24) is 10.1 Å². The zero-order chi connectivity index (χ0) is 14.5. The van der Waals surface area contributed by atoms with Gasteiger partial charge >= 0.3 is 6.01 Å². The van der Waals surface area contributed by atoms with Crippen LogP contribution in [0.2, 0.25) is 0 Å².